The van der Waals surface area contributed by atoms with Gasteiger partial charge in [-0.1, -0.05) is 121 Å². The highest BCUT2D eigenvalue weighted by atomic mass is 15.0. The summed E-state index contributed by atoms with van der Waals surface area (Å²) < 4.78 is 2.41. The normalized spacial score (nSPS) is 11.7. The van der Waals surface area contributed by atoms with E-state index in [-0.39, 0.29) is 0 Å². The molecule has 0 saturated carbocycles. The lowest BCUT2D eigenvalue weighted by Gasteiger charge is -2.15. The van der Waals surface area contributed by atoms with Gasteiger partial charge in [0.2, 0.25) is 0 Å². The first-order valence-corrected chi connectivity index (χ1v) is 14.5. The Hall–Kier alpha value is -5.87. The van der Waals surface area contributed by atoms with Crippen LogP contribution in [0, 0.1) is 0 Å². The van der Waals surface area contributed by atoms with Crippen LogP contribution in [0.25, 0.3) is 83.2 Å². The first-order chi connectivity index (χ1) is 21.3. The van der Waals surface area contributed by atoms with Crippen molar-refractivity contribution in [2.45, 2.75) is 0 Å². The zero-order valence-electron chi connectivity index (χ0n) is 23.1. The predicted octanol–water partition coefficient (Wildman–Crippen LogP) is 9.71. The number of hydrogen-bond acceptors (Lipinski definition) is 3. The second-order valence-electron chi connectivity index (χ2n) is 10.9. The summed E-state index contributed by atoms with van der Waals surface area (Å²) in [6.07, 6.45) is 0. The Morgan fingerprint density at radius 1 is 0.372 bits per heavy atom. The lowest BCUT2D eigenvalue weighted by Crippen LogP contribution is -2.01. The van der Waals surface area contributed by atoms with Gasteiger partial charge >= 0.3 is 0 Å². The van der Waals surface area contributed by atoms with Gasteiger partial charge in [-0.15, -0.1) is 0 Å². The summed E-state index contributed by atoms with van der Waals surface area (Å²) >= 11 is 0. The van der Waals surface area contributed by atoms with Gasteiger partial charge in [0.05, 0.1) is 16.7 Å². The Morgan fingerprint density at radius 2 is 0.884 bits per heavy atom. The maximum absolute atomic E-state index is 5.04. The molecule has 0 radical (unpaired) electrons. The van der Waals surface area contributed by atoms with Gasteiger partial charge in [-0.3, -0.25) is 0 Å². The van der Waals surface area contributed by atoms with Gasteiger partial charge in [-0.2, -0.15) is 0 Å². The van der Waals surface area contributed by atoms with Gasteiger partial charge < -0.3 is 4.57 Å². The molecule has 0 aliphatic heterocycles. The summed E-state index contributed by atoms with van der Waals surface area (Å²) in [6, 6.07) is 50.8. The molecular weight excluding hydrogens is 524 g/mol. The van der Waals surface area contributed by atoms with Crippen molar-refractivity contribution in [2.75, 3.05) is 0 Å². The number of aromatic nitrogens is 4. The Bertz CT molecular complexity index is 2320. The minimum absolute atomic E-state index is 0.657. The van der Waals surface area contributed by atoms with Crippen molar-refractivity contribution in [3.05, 3.63) is 146 Å². The zero-order chi connectivity index (χ0) is 28.3. The van der Waals surface area contributed by atoms with Gasteiger partial charge in [0.15, 0.2) is 17.5 Å². The third kappa shape index (κ3) is 3.67. The summed E-state index contributed by atoms with van der Waals surface area (Å²) in [5.41, 5.74) is 6.45. The highest BCUT2D eigenvalue weighted by molar-refractivity contribution is 6.24. The molecule has 4 heteroatoms. The van der Waals surface area contributed by atoms with Gasteiger partial charge in [0, 0.05) is 32.8 Å². The summed E-state index contributed by atoms with van der Waals surface area (Å²) in [5, 5.41) is 7.37. The Labute approximate surface area is 247 Å². The average molecular weight is 549 g/mol. The molecular formula is C39H24N4. The van der Waals surface area contributed by atoms with E-state index >= 15 is 0 Å². The molecule has 200 valence electrons. The fraction of sp³-hybridized carbons (Fsp3) is 0. The molecule has 0 saturated heterocycles. The fourth-order valence-corrected chi connectivity index (χ4v) is 6.48. The van der Waals surface area contributed by atoms with E-state index in [1.54, 1.807) is 0 Å². The van der Waals surface area contributed by atoms with E-state index in [1.165, 1.54) is 32.6 Å². The van der Waals surface area contributed by atoms with Gasteiger partial charge in [0.25, 0.3) is 0 Å². The maximum atomic E-state index is 5.04. The van der Waals surface area contributed by atoms with Crippen molar-refractivity contribution >= 4 is 43.4 Å². The van der Waals surface area contributed by atoms with E-state index in [4.69, 9.17) is 15.0 Å². The van der Waals surface area contributed by atoms with Crippen LogP contribution in [0.2, 0.25) is 0 Å². The zero-order valence-corrected chi connectivity index (χ0v) is 23.1. The van der Waals surface area contributed by atoms with Gasteiger partial charge in [0.1, 0.15) is 0 Å². The fourth-order valence-electron chi connectivity index (χ4n) is 6.48. The van der Waals surface area contributed by atoms with Crippen molar-refractivity contribution in [1.29, 1.82) is 0 Å². The lowest BCUT2D eigenvalue weighted by atomic mass is 10.0. The quantitative estimate of drug-likeness (QED) is 0.206. The Balaban J connectivity index is 1.32. The summed E-state index contributed by atoms with van der Waals surface area (Å²) in [7, 11) is 0. The maximum Gasteiger partial charge on any atom is 0.164 e. The molecule has 0 N–H and O–H groups in total. The first kappa shape index (κ1) is 23.8. The molecule has 0 unspecified atom stereocenters. The Morgan fingerprint density at radius 3 is 1.47 bits per heavy atom. The molecule has 0 fully saturated rings. The van der Waals surface area contributed by atoms with Crippen LogP contribution in [0.1, 0.15) is 0 Å². The minimum atomic E-state index is 0.657. The molecule has 0 spiro atoms. The molecule has 0 atom stereocenters. The summed E-state index contributed by atoms with van der Waals surface area (Å²) in [6.45, 7) is 0. The number of rotatable bonds is 4. The summed E-state index contributed by atoms with van der Waals surface area (Å²) in [5.74, 6) is 1.97. The predicted molar refractivity (Wildman–Crippen MR) is 177 cm³/mol. The van der Waals surface area contributed by atoms with Crippen molar-refractivity contribution in [3.63, 3.8) is 0 Å². The molecule has 4 nitrogen and oxygen atoms in total. The van der Waals surface area contributed by atoms with E-state index in [1.807, 2.05) is 60.7 Å². The number of nitrogens with zero attached hydrogens (tertiary/aromatic N) is 4. The van der Waals surface area contributed by atoms with Crippen LogP contribution in [0.4, 0.5) is 0 Å². The second-order valence-corrected chi connectivity index (χ2v) is 10.9. The van der Waals surface area contributed by atoms with Crippen LogP contribution in [-0.2, 0) is 0 Å². The Kier molecular flexibility index (Phi) is 5.16. The molecule has 43 heavy (non-hydrogen) atoms. The lowest BCUT2D eigenvalue weighted by molar-refractivity contribution is 1.08. The molecule has 0 bridgehead atoms. The van der Waals surface area contributed by atoms with Crippen LogP contribution >= 0.6 is 0 Å². The molecule has 0 aliphatic rings. The van der Waals surface area contributed by atoms with Crippen molar-refractivity contribution in [2.24, 2.45) is 0 Å². The number of hydrogen-bond donors (Lipinski definition) is 0. The number of benzene rings is 7. The van der Waals surface area contributed by atoms with Gasteiger partial charge in [-0.25, -0.2) is 15.0 Å². The summed E-state index contributed by atoms with van der Waals surface area (Å²) in [4.78, 5) is 15.0. The van der Waals surface area contributed by atoms with Gasteiger partial charge in [-0.05, 0) is 40.4 Å². The van der Waals surface area contributed by atoms with E-state index in [0.29, 0.717) is 17.5 Å². The van der Waals surface area contributed by atoms with Crippen LogP contribution in [-0.4, -0.2) is 19.5 Å². The van der Waals surface area contributed by atoms with E-state index in [2.05, 4.69) is 89.5 Å². The standard InChI is InChI=1S/C39H24N4/c1-3-11-27(12-4-1)37-40-38(28-13-5-2-6-14-28)42-39(41-37)31-23-24-32(30-18-8-7-17-29(30)31)43-33-19-9-15-25-21-22-26-16-10-20-34(43)36(26)35(25)33/h1-24H. The molecule has 0 aliphatic carbocycles. The highest BCUT2D eigenvalue weighted by Gasteiger charge is 2.20. The van der Waals surface area contributed by atoms with Crippen molar-refractivity contribution in [3.8, 4) is 39.9 Å². The SMILES string of the molecule is c1ccc(-c2nc(-c3ccccc3)nc(-c3ccc(-n4c5cccc6ccc7cccc4c7c65)c4ccccc34)n2)cc1. The van der Waals surface area contributed by atoms with Crippen LogP contribution < -0.4 is 0 Å². The first-order valence-electron chi connectivity index (χ1n) is 14.5. The highest BCUT2D eigenvalue weighted by Crippen LogP contribution is 2.41. The average Bonchev–Trinajstić information content (AvgIpc) is 3.43. The molecule has 7 aromatic carbocycles. The van der Waals surface area contributed by atoms with Crippen LogP contribution in [0.3, 0.4) is 0 Å². The minimum Gasteiger partial charge on any atom is -0.309 e. The van der Waals surface area contributed by atoms with Crippen LogP contribution in [0.5, 0.6) is 0 Å². The van der Waals surface area contributed by atoms with E-state index in [0.717, 1.165) is 33.2 Å². The third-order valence-electron chi connectivity index (χ3n) is 8.41. The number of fused-ring (bicyclic) bond motifs is 1. The largest absolute Gasteiger partial charge is 0.309 e. The monoisotopic (exact) mass is 548 g/mol. The smallest absolute Gasteiger partial charge is 0.164 e. The van der Waals surface area contributed by atoms with Crippen molar-refractivity contribution < 1.29 is 0 Å². The van der Waals surface area contributed by atoms with E-state index in [9.17, 15) is 0 Å². The molecule has 0 amide bonds. The molecule has 2 heterocycles. The van der Waals surface area contributed by atoms with Crippen molar-refractivity contribution in [1.82, 2.24) is 19.5 Å². The molecule has 9 rings (SSSR count). The molecule has 9 aromatic rings. The topological polar surface area (TPSA) is 43.6 Å². The van der Waals surface area contributed by atoms with Crippen LogP contribution in [0.15, 0.2) is 146 Å². The molecule has 2 aromatic heterocycles. The van der Waals surface area contributed by atoms with E-state index < -0.39 is 0 Å². The third-order valence-corrected chi connectivity index (χ3v) is 8.41. The second kappa shape index (κ2) is 9.33.